The van der Waals surface area contributed by atoms with E-state index in [2.05, 4.69) is 11.4 Å². The molecule has 0 atom stereocenters. The summed E-state index contributed by atoms with van der Waals surface area (Å²) in [5.74, 6) is 1.02. The molecule has 0 spiro atoms. The van der Waals surface area contributed by atoms with E-state index >= 15 is 0 Å². The van der Waals surface area contributed by atoms with Crippen LogP contribution in [-0.2, 0) is 6.42 Å². The number of hydrogen-bond donors (Lipinski definition) is 1. The molecule has 80 valence electrons. The minimum absolute atomic E-state index is 0.303. The molecule has 1 aliphatic rings. The van der Waals surface area contributed by atoms with E-state index in [4.69, 9.17) is 9.68 Å². The Kier molecular flexibility index (Phi) is 3.08. The summed E-state index contributed by atoms with van der Waals surface area (Å²) in [4.78, 5) is 0. The molecule has 1 fully saturated rings. The van der Waals surface area contributed by atoms with Crippen LogP contribution in [0.1, 0.15) is 25.0 Å². The molecule has 15 heavy (non-hydrogen) atoms. The second-order valence-electron chi connectivity index (χ2n) is 4.34. The molecule has 2 rings (SSSR count). The summed E-state index contributed by atoms with van der Waals surface area (Å²) in [5, 5.41) is 12.1. The molecular formula is C12H16N2O. The first-order valence-corrected chi connectivity index (χ1v) is 5.45. The molecule has 1 heterocycles. The number of hydrogen-bond acceptors (Lipinski definition) is 3. The van der Waals surface area contributed by atoms with Crippen LogP contribution in [-0.4, -0.2) is 13.1 Å². The minimum atomic E-state index is 0.303. The van der Waals surface area contributed by atoms with Gasteiger partial charge in [-0.1, -0.05) is 0 Å². The van der Waals surface area contributed by atoms with Gasteiger partial charge < -0.3 is 9.73 Å². The molecule has 3 nitrogen and oxygen atoms in total. The number of nitriles is 1. The van der Waals surface area contributed by atoms with Crippen molar-refractivity contribution in [3.63, 3.8) is 0 Å². The molecule has 0 amide bonds. The number of rotatable bonds is 6. The van der Waals surface area contributed by atoms with Crippen molar-refractivity contribution in [3.8, 4) is 6.07 Å². The zero-order chi connectivity index (χ0) is 10.6. The summed E-state index contributed by atoms with van der Waals surface area (Å²) in [6.07, 6.45) is 5.73. The fraction of sp³-hybridized carbons (Fsp3) is 0.583. The molecule has 1 saturated carbocycles. The Morgan fingerprint density at radius 1 is 1.53 bits per heavy atom. The first-order valence-electron chi connectivity index (χ1n) is 5.45. The van der Waals surface area contributed by atoms with Crippen LogP contribution in [0.25, 0.3) is 0 Å². The van der Waals surface area contributed by atoms with Crippen LogP contribution in [0.3, 0.4) is 0 Å². The van der Waals surface area contributed by atoms with E-state index < -0.39 is 0 Å². The normalized spacial score (nSPS) is 17.3. The monoisotopic (exact) mass is 204 g/mol. The van der Waals surface area contributed by atoms with Gasteiger partial charge in [0.15, 0.2) is 0 Å². The lowest BCUT2D eigenvalue weighted by Gasteiger charge is -2.11. The lowest BCUT2D eigenvalue weighted by molar-refractivity contribution is 0.451. The fourth-order valence-electron chi connectivity index (χ4n) is 1.78. The lowest BCUT2D eigenvalue weighted by Crippen LogP contribution is -2.25. The SMILES string of the molecule is N#CCC1(CNCCc2ccco2)CC1. The smallest absolute Gasteiger partial charge is 0.105 e. The average molecular weight is 204 g/mol. The Balaban J connectivity index is 1.62. The second-order valence-corrected chi connectivity index (χ2v) is 4.34. The molecule has 1 aromatic rings. The Labute approximate surface area is 90.1 Å². The van der Waals surface area contributed by atoms with Crippen molar-refractivity contribution in [2.45, 2.75) is 25.7 Å². The van der Waals surface area contributed by atoms with E-state index in [9.17, 15) is 0 Å². The molecule has 0 aliphatic heterocycles. The quantitative estimate of drug-likeness (QED) is 0.722. The Bertz CT molecular complexity index is 333. The van der Waals surface area contributed by atoms with Crippen molar-refractivity contribution in [1.29, 1.82) is 5.26 Å². The third kappa shape index (κ3) is 2.84. The maximum atomic E-state index is 8.66. The average Bonchev–Trinajstić information content (AvgIpc) is 2.80. The summed E-state index contributed by atoms with van der Waals surface area (Å²) in [6.45, 7) is 1.90. The first kappa shape index (κ1) is 10.3. The van der Waals surface area contributed by atoms with Gasteiger partial charge in [0.2, 0.25) is 0 Å². The predicted octanol–water partition coefficient (Wildman–Crippen LogP) is 2.11. The summed E-state index contributed by atoms with van der Waals surface area (Å²) in [6, 6.07) is 6.17. The maximum absolute atomic E-state index is 8.66. The predicted molar refractivity (Wildman–Crippen MR) is 57.2 cm³/mol. The second kappa shape index (κ2) is 4.50. The fourth-order valence-corrected chi connectivity index (χ4v) is 1.78. The van der Waals surface area contributed by atoms with Gasteiger partial charge in [0.25, 0.3) is 0 Å². The van der Waals surface area contributed by atoms with Crippen molar-refractivity contribution >= 4 is 0 Å². The van der Waals surface area contributed by atoms with Crippen molar-refractivity contribution in [3.05, 3.63) is 24.2 Å². The van der Waals surface area contributed by atoms with Crippen LogP contribution in [0.15, 0.2) is 22.8 Å². The van der Waals surface area contributed by atoms with Crippen LogP contribution >= 0.6 is 0 Å². The van der Waals surface area contributed by atoms with Gasteiger partial charge in [0.1, 0.15) is 5.76 Å². The minimum Gasteiger partial charge on any atom is -0.469 e. The molecule has 1 aromatic heterocycles. The lowest BCUT2D eigenvalue weighted by atomic mass is 10.0. The van der Waals surface area contributed by atoms with Gasteiger partial charge in [-0.2, -0.15) is 5.26 Å². The number of nitrogens with one attached hydrogen (secondary N) is 1. The van der Waals surface area contributed by atoms with Gasteiger partial charge in [0, 0.05) is 25.9 Å². The summed E-state index contributed by atoms with van der Waals surface area (Å²) >= 11 is 0. The summed E-state index contributed by atoms with van der Waals surface area (Å²) in [5.41, 5.74) is 0.303. The van der Waals surface area contributed by atoms with E-state index in [0.29, 0.717) is 11.8 Å². The molecule has 0 aromatic carbocycles. The van der Waals surface area contributed by atoms with Crippen molar-refractivity contribution < 1.29 is 4.42 Å². The molecule has 1 aliphatic carbocycles. The van der Waals surface area contributed by atoms with E-state index in [0.717, 1.165) is 25.3 Å². The van der Waals surface area contributed by atoms with Crippen LogP contribution in [0, 0.1) is 16.7 Å². The van der Waals surface area contributed by atoms with Crippen LogP contribution in [0.4, 0.5) is 0 Å². The van der Waals surface area contributed by atoms with Crippen LogP contribution in [0.5, 0.6) is 0 Å². The van der Waals surface area contributed by atoms with Gasteiger partial charge in [-0.25, -0.2) is 0 Å². The Hall–Kier alpha value is -1.27. The van der Waals surface area contributed by atoms with Crippen molar-refractivity contribution in [1.82, 2.24) is 5.32 Å². The van der Waals surface area contributed by atoms with E-state index in [1.54, 1.807) is 6.26 Å². The standard InChI is InChI=1S/C12H16N2O/c13-7-6-12(4-5-12)10-14-8-3-11-2-1-9-15-11/h1-2,9,14H,3-6,8,10H2. The summed E-state index contributed by atoms with van der Waals surface area (Å²) in [7, 11) is 0. The van der Waals surface area contributed by atoms with E-state index in [1.165, 1.54) is 12.8 Å². The molecule has 3 heteroatoms. The van der Waals surface area contributed by atoms with E-state index in [1.807, 2.05) is 12.1 Å². The zero-order valence-electron chi connectivity index (χ0n) is 8.83. The molecule has 0 saturated heterocycles. The molecule has 1 N–H and O–H groups in total. The van der Waals surface area contributed by atoms with Crippen LogP contribution in [0.2, 0.25) is 0 Å². The summed E-state index contributed by atoms with van der Waals surface area (Å²) < 4.78 is 5.24. The number of furan rings is 1. The molecular weight excluding hydrogens is 188 g/mol. The van der Waals surface area contributed by atoms with Gasteiger partial charge >= 0.3 is 0 Å². The number of nitrogens with zero attached hydrogens (tertiary/aromatic N) is 1. The van der Waals surface area contributed by atoms with Crippen molar-refractivity contribution in [2.75, 3.05) is 13.1 Å². The third-order valence-corrected chi connectivity index (χ3v) is 3.04. The highest BCUT2D eigenvalue weighted by Crippen LogP contribution is 2.47. The Morgan fingerprint density at radius 2 is 2.40 bits per heavy atom. The Morgan fingerprint density at radius 3 is 3.00 bits per heavy atom. The molecule has 0 unspecified atom stereocenters. The zero-order valence-corrected chi connectivity index (χ0v) is 8.83. The topological polar surface area (TPSA) is 49.0 Å². The highest BCUT2D eigenvalue weighted by Gasteiger charge is 2.41. The molecule has 0 bridgehead atoms. The van der Waals surface area contributed by atoms with Crippen molar-refractivity contribution in [2.24, 2.45) is 5.41 Å². The maximum Gasteiger partial charge on any atom is 0.105 e. The largest absolute Gasteiger partial charge is 0.469 e. The van der Waals surface area contributed by atoms with Gasteiger partial charge in [-0.05, 0) is 30.4 Å². The highest BCUT2D eigenvalue weighted by atomic mass is 16.3. The first-order chi connectivity index (χ1) is 7.35. The van der Waals surface area contributed by atoms with Gasteiger partial charge in [-0.3, -0.25) is 0 Å². The molecule has 0 radical (unpaired) electrons. The van der Waals surface area contributed by atoms with E-state index in [-0.39, 0.29) is 0 Å². The van der Waals surface area contributed by atoms with Crippen LogP contribution < -0.4 is 5.32 Å². The third-order valence-electron chi connectivity index (χ3n) is 3.04. The van der Waals surface area contributed by atoms with Gasteiger partial charge in [-0.15, -0.1) is 0 Å². The van der Waals surface area contributed by atoms with Gasteiger partial charge in [0.05, 0.1) is 12.3 Å². The highest BCUT2D eigenvalue weighted by molar-refractivity contribution is 5.01.